The van der Waals surface area contributed by atoms with E-state index in [1.54, 1.807) is 23.1 Å². The lowest BCUT2D eigenvalue weighted by molar-refractivity contribution is -0.139. The fraction of sp³-hybridized carbons (Fsp3) is 0.310. The number of carbonyl (C=O) groups excluding carboxylic acids is 2. The fourth-order valence-electron chi connectivity index (χ4n) is 3.71. The molecule has 3 rings (SSSR count). The Morgan fingerprint density at radius 2 is 1.58 bits per heavy atom. The van der Waals surface area contributed by atoms with Crippen LogP contribution >= 0.6 is 35.0 Å². The van der Waals surface area contributed by atoms with Crippen molar-refractivity contribution in [3.8, 4) is 0 Å². The van der Waals surface area contributed by atoms with E-state index in [1.165, 1.54) is 11.8 Å². The summed E-state index contributed by atoms with van der Waals surface area (Å²) in [4.78, 5) is 29.9. The molecule has 0 saturated heterocycles. The Hall–Kier alpha value is -2.47. The predicted molar refractivity (Wildman–Crippen MR) is 151 cm³/mol. The summed E-state index contributed by atoms with van der Waals surface area (Å²) in [5, 5.41) is 4.00. The molecular formula is C29H32Cl2N2O2S. The van der Waals surface area contributed by atoms with Gasteiger partial charge in [-0.25, -0.2) is 0 Å². The first kappa shape index (κ1) is 28.1. The second-order valence-electron chi connectivity index (χ2n) is 8.85. The Labute approximate surface area is 228 Å². The van der Waals surface area contributed by atoms with Gasteiger partial charge >= 0.3 is 0 Å². The van der Waals surface area contributed by atoms with Crippen molar-refractivity contribution in [2.75, 3.05) is 5.75 Å². The van der Waals surface area contributed by atoms with E-state index in [2.05, 4.69) is 5.32 Å². The molecule has 0 bridgehead atoms. The quantitative estimate of drug-likeness (QED) is 0.266. The van der Waals surface area contributed by atoms with Gasteiger partial charge in [0.2, 0.25) is 11.8 Å². The van der Waals surface area contributed by atoms with Crippen molar-refractivity contribution < 1.29 is 9.59 Å². The van der Waals surface area contributed by atoms with Crippen LogP contribution in [0.4, 0.5) is 0 Å². The van der Waals surface area contributed by atoms with Gasteiger partial charge in [-0.3, -0.25) is 9.59 Å². The third-order valence-electron chi connectivity index (χ3n) is 6.05. The van der Waals surface area contributed by atoms with E-state index < -0.39 is 6.04 Å². The number of amides is 2. The highest BCUT2D eigenvalue weighted by Gasteiger charge is 2.31. The van der Waals surface area contributed by atoms with Crippen LogP contribution in [0, 0.1) is 6.92 Å². The zero-order valence-corrected chi connectivity index (χ0v) is 23.2. The van der Waals surface area contributed by atoms with Crippen molar-refractivity contribution in [1.82, 2.24) is 10.2 Å². The molecule has 190 valence electrons. The van der Waals surface area contributed by atoms with Crippen LogP contribution in [0.2, 0.25) is 10.0 Å². The number of thioether (sulfide) groups is 1. The molecule has 1 N–H and O–H groups in total. The van der Waals surface area contributed by atoms with Crippen molar-refractivity contribution >= 4 is 46.8 Å². The van der Waals surface area contributed by atoms with E-state index in [9.17, 15) is 9.59 Å². The van der Waals surface area contributed by atoms with Crippen molar-refractivity contribution in [2.24, 2.45) is 0 Å². The molecule has 2 amide bonds. The number of nitrogens with one attached hydrogen (secondary N) is 1. The SMILES string of the molecule is CC[C@@H](C)NC(=O)[C@@H](Cc1ccccc1)N(Cc1c(Cl)cccc1Cl)C(=O)CSc1ccc(C)cc1. The van der Waals surface area contributed by atoms with Crippen LogP contribution in [0.1, 0.15) is 37.0 Å². The summed E-state index contributed by atoms with van der Waals surface area (Å²) in [6.07, 6.45) is 1.17. The minimum atomic E-state index is -0.722. The molecule has 0 fully saturated rings. The summed E-state index contributed by atoms with van der Waals surface area (Å²) in [5.74, 6) is -0.158. The minimum Gasteiger partial charge on any atom is -0.352 e. The molecular weight excluding hydrogens is 511 g/mol. The number of hydrogen-bond acceptors (Lipinski definition) is 3. The second kappa shape index (κ2) is 13.7. The molecule has 3 aromatic carbocycles. The Morgan fingerprint density at radius 1 is 0.944 bits per heavy atom. The van der Waals surface area contributed by atoms with Gasteiger partial charge in [0.25, 0.3) is 0 Å². The molecule has 3 aromatic rings. The summed E-state index contributed by atoms with van der Waals surface area (Å²) < 4.78 is 0. The minimum absolute atomic E-state index is 0.0152. The van der Waals surface area contributed by atoms with Gasteiger partial charge in [-0.15, -0.1) is 11.8 Å². The van der Waals surface area contributed by atoms with Gasteiger partial charge in [0.15, 0.2) is 0 Å². The number of rotatable bonds is 11. The molecule has 7 heteroatoms. The third kappa shape index (κ3) is 8.02. The predicted octanol–water partition coefficient (Wildman–Crippen LogP) is 6.95. The van der Waals surface area contributed by atoms with E-state index in [-0.39, 0.29) is 30.2 Å². The lowest BCUT2D eigenvalue weighted by atomic mass is 10.0. The maximum Gasteiger partial charge on any atom is 0.243 e. The Balaban J connectivity index is 1.95. The number of aryl methyl sites for hydroxylation is 1. The topological polar surface area (TPSA) is 49.4 Å². The molecule has 36 heavy (non-hydrogen) atoms. The van der Waals surface area contributed by atoms with Gasteiger partial charge in [-0.1, -0.05) is 84.2 Å². The second-order valence-corrected chi connectivity index (χ2v) is 10.7. The van der Waals surface area contributed by atoms with E-state index in [1.807, 2.05) is 75.4 Å². The molecule has 0 heterocycles. The first-order valence-electron chi connectivity index (χ1n) is 12.0. The number of halogens is 2. The zero-order valence-electron chi connectivity index (χ0n) is 20.8. The molecule has 0 spiro atoms. The Kier molecular flexibility index (Phi) is 10.7. The summed E-state index contributed by atoms with van der Waals surface area (Å²) in [6, 6.07) is 22.3. The van der Waals surface area contributed by atoms with E-state index >= 15 is 0 Å². The first-order chi connectivity index (χ1) is 17.3. The van der Waals surface area contributed by atoms with Gasteiger partial charge in [0, 0.05) is 39.5 Å². The number of benzene rings is 3. The monoisotopic (exact) mass is 542 g/mol. The van der Waals surface area contributed by atoms with Crippen LogP contribution in [-0.2, 0) is 22.6 Å². The largest absolute Gasteiger partial charge is 0.352 e. The maximum atomic E-state index is 13.7. The standard InChI is InChI=1S/C29H32Cl2N2O2S/c1-4-21(3)32-29(35)27(17-22-9-6-5-7-10-22)33(18-24-25(30)11-8-12-26(24)31)28(34)19-36-23-15-13-20(2)14-16-23/h5-16,21,27H,4,17-19H2,1-3H3,(H,32,35)/t21-,27-/m1/s1. The van der Waals surface area contributed by atoms with Crippen LogP contribution in [-0.4, -0.2) is 34.6 Å². The summed E-state index contributed by atoms with van der Waals surface area (Å²) in [6.45, 7) is 6.14. The van der Waals surface area contributed by atoms with Crippen molar-refractivity contribution in [3.63, 3.8) is 0 Å². The third-order valence-corrected chi connectivity index (χ3v) is 7.75. The molecule has 0 saturated carbocycles. The van der Waals surface area contributed by atoms with Crippen LogP contribution in [0.15, 0.2) is 77.7 Å². The highest BCUT2D eigenvalue weighted by molar-refractivity contribution is 8.00. The highest BCUT2D eigenvalue weighted by atomic mass is 35.5. The molecule has 0 aromatic heterocycles. The first-order valence-corrected chi connectivity index (χ1v) is 13.8. The zero-order chi connectivity index (χ0) is 26.1. The van der Waals surface area contributed by atoms with Crippen molar-refractivity contribution in [3.05, 3.63) is 99.5 Å². The summed E-state index contributed by atoms with van der Waals surface area (Å²) in [5.41, 5.74) is 2.75. The Morgan fingerprint density at radius 3 is 2.19 bits per heavy atom. The van der Waals surface area contributed by atoms with Gasteiger partial charge < -0.3 is 10.2 Å². The van der Waals surface area contributed by atoms with Gasteiger partial charge in [-0.2, -0.15) is 0 Å². The maximum absolute atomic E-state index is 13.7. The van der Waals surface area contributed by atoms with Crippen molar-refractivity contribution in [2.45, 2.75) is 57.1 Å². The number of hydrogen-bond donors (Lipinski definition) is 1. The van der Waals surface area contributed by atoms with Gasteiger partial charge in [0.1, 0.15) is 6.04 Å². The normalized spacial score (nSPS) is 12.6. The van der Waals surface area contributed by atoms with Crippen LogP contribution in [0.5, 0.6) is 0 Å². The number of nitrogens with zero attached hydrogens (tertiary/aromatic N) is 1. The molecule has 0 aliphatic heterocycles. The van der Waals surface area contributed by atoms with Crippen LogP contribution < -0.4 is 5.32 Å². The number of carbonyl (C=O) groups is 2. The molecule has 0 radical (unpaired) electrons. The fourth-order valence-corrected chi connectivity index (χ4v) is 5.01. The molecule has 0 unspecified atom stereocenters. The van der Waals surface area contributed by atoms with Gasteiger partial charge in [0.05, 0.1) is 5.75 Å². The molecule has 0 aliphatic rings. The molecule has 2 atom stereocenters. The van der Waals surface area contributed by atoms with Crippen molar-refractivity contribution in [1.29, 1.82) is 0 Å². The lowest BCUT2D eigenvalue weighted by Gasteiger charge is -2.32. The average Bonchev–Trinajstić information content (AvgIpc) is 2.87. The van der Waals surface area contributed by atoms with E-state index in [4.69, 9.17) is 23.2 Å². The highest BCUT2D eigenvalue weighted by Crippen LogP contribution is 2.28. The van der Waals surface area contributed by atoms with E-state index in [0.29, 0.717) is 22.0 Å². The van der Waals surface area contributed by atoms with Gasteiger partial charge in [-0.05, 0) is 50.1 Å². The smallest absolute Gasteiger partial charge is 0.243 e. The molecule has 4 nitrogen and oxygen atoms in total. The van der Waals surface area contributed by atoms with Crippen LogP contribution in [0.25, 0.3) is 0 Å². The van der Waals surface area contributed by atoms with Crippen LogP contribution in [0.3, 0.4) is 0 Å². The summed E-state index contributed by atoms with van der Waals surface area (Å²) in [7, 11) is 0. The molecule has 0 aliphatic carbocycles. The lowest BCUT2D eigenvalue weighted by Crippen LogP contribution is -2.52. The van der Waals surface area contributed by atoms with E-state index in [0.717, 1.165) is 22.4 Å². The Bertz CT molecular complexity index is 1140. The average molecular weight is 544 g/mol. The summed E-state index contributed by atoms with van der Waals surface area (Å²) >= 11 is 14.4.